The monoisotopic (exact) mass is 320 g/mol. The molecule has 0 amide bonds. The molecule has 1 heterocycles. The second-order valence-electron chi connectivity index (χ2n) is 5.17. The van der Waals surface area contributed by atoms with Gasteiger partial charge in [-0.2, -0.15) is 0 Å². The molecule has 0 bridgehead atoms. The van der Waals surface area contributed by atoms with Gasteiger partial charge in [-0.1, -0.05) is 31.7 Å². The number of ketones is 1. The summed E-state index contributed by atoms with van der Waals surface area (Å²) in [6.45, 7) is 11.0. The summed E-state index contributed by atoms with van der Waals surface area (Å²) in [6.07, 6.45) is 5.37. The number of Topliss-reactive ketones (excluding diaryl/α,β-unsaturated/α-hetero) is 1. The molecule has 24 heavy (non-hydrogen) atoms. The molecule has 0 aliphatic rings. The maximum atomic E-state index is 11.9. The zero-order chi connectivity index (χ0) is 17.5. The molecule has 0 aliphatic heterocycles. The van der Waals surface area contributed by atoms with Gasteiger partial charge in [0.1, 0.15) is 0 Å². The van der Waals surface area contributed by atoms with Gasteiger partial charge < -0.3 is 5.32 Å². The number of carbonyl (C=O) groups is 1. The Labute approximate surface area is 141 Å². The number of benzene rings is 1. The highest BCUT2D eigenvalue weighted by Crippen LogP contribution is 2.22. The van der Waals surface area contributed by atoms with Crippen molar-refractivity contribution in [2.45, 2.75) is 20.3 Å². The van der Waals surface area contributed by atoms with E-state index in [1.807, 2.05) is 32.0 Å². The van der Waals surface area contributed by atoms with Crippen molar-refractivity contribution in [2.75, 3.05) is 5.32 Å². The number of allylic oxidation sites excluding steroid dienone is 2. The van der Waals surface area contributed by atoms with Gasteiger partial charge in [-0.15, -0.1) is 0 Å². The molecule has 5 nitrogen and oxygen atoms in total. The van der Waals surface area contributed by atoms with E-state index in [4.69, 9.17) is 0 Å². The Morgan fingerprint density at radius 1 is 1.38 bits per heavy atom. The third-order valence-corrected chi connectivity index (χ3v) is 3.53. The largest absolute Gasteiger partial charge is 0.324 e. The summed E-state index contributed by atoms with van der Waals surface area (Å²) < 4.78 is 0. The van der Waals surface area contributed by atoms with Crippen LogP contribution in [0.25, 0.3) is 5.57 Å². The Kier molecular flexibility index (Phi) is 5.73. The van der Waals surface area contributed by atoms with Gasteiger partial charge in [-0.05, 0) is 31.3 Å². The number of nitrogens with zero attached hydrogens (tertiary/aromatic N) is 3. The Morgan fingerprint density at radius 2 is 2.17 bits per heavy atom. The van der Waals surface area contributed by atoms with Gasteiger partial charge in [0.25, 0.3) is 0 Å². The third-order valence-electron chi connectivity index (χ3n) is 3.53. The SMILES string of the molecule is C=C/C(=C\N=C)c1ccnc(Nc2cc(C(=O)CC)ccc2C)n1. The zero-order valence-electron chi connectivity index (χ0n) is 13.9. The second-order valence-corrected chi connectivity index (χ2v) is 5.17. The normalized spacial score (nSPS) is 11.0. The van der Waals surface area contributed by atoms with Crippen molar-refractivity contribution in [2.24, 2.45) is 4.99 Å². The van der Waals surface area contributed by atoms with Gasteiger partial charge in [0.05, 0.1) is 5.69 Å². The van der Waals surface area contributed by atoms with Crippen LogP contribution in [0, 0.1) is 6.92 Å². The van der Waals surface area contributed by atoms with Crippen molar-refractivity contribution < 1.29 is 4.79 Å². The predicted octanol–water partition coefficient (Wildman–Crippen LogP) is 4.35. The predicted molar refractivity (Wildman–Crippen MR) is 98.8 cm³/mol. The molecule has 0 aliphatic carbocycles. The number of rotatable bonds is 7. The topological polar surface area (TPSA) is 67.2 Å². The van der Waals surface area contributed by atoms with Gasteiger partial charge >= 0.3 is 0 Å². The van der Waals surface area contributed by atoms with E-state index in [0.717, 1.165) is 16.8 Å². The van der Waals surface area contributed by atoms with E-state index in [1.165, 1.54) is 0 Å². The number of anilines is 2. The lowest BCUT2D eigenvalue weighted by Gasteiger charge is -2.11. The Bertz CT molecular complexity index is 809. The number of hydrogen-bond acceptors (Lipinski definition) is 5. The second kappa shape index (κ2) is 7.97. The molecule has 0 fully saturated rings. The van der Waals surface area contributed by atoms with Gasteiger partial charge in [0.2, 0.25) is 5.95 Å². The van der Waals surface area contributed by atoms with E-state index in [-0.39, 0.29) is 5.78 Å². The molecule has 0 radical (unpaired) electrons. The quantitative estimate of drug-likeness (QED) is 0.468. The van der Waals surface area contributed by atoms with Crippen LogP contribution in [0.3, 0.4) is 0 Å². The standard InChI is InChI=1S/C19H20N4O/c1-5-14(12-20-4)16-9-10-21-19(22-16)23-17-11-15(18(24)6-2)8-7-13(17)3/h5,7-12H,1,4,6H2,2-3H3,(H,21,22,23)/b14-12+. The van der Waals surface area contributed by atoms with Crippen molar-refractivity contribution in [3.63, 3.8) is 0 Å². The summed E-state index contributed by atoms with van der Waals surface area (Å²) in [6, 6.07) is 7.34. The lowest BCUT2D eigenvalue weighted by atomic mass is 10.1. The average molecular weight is 320 g/mol. The highest BCUT2D eigenvalue weighted by atomic mass is 16.1. The number of aryl methyl sites for hydroxylation is 1. The first-order valence-electron chi connectivity index (χ1n) is 7.61. The minimum atomic E-state index is 0.0988. The van der Waals surface area contributed by atoms with E-state index < -0.39 is 0 Å². The Morgan fingerprint density at radius 3 is 2.83 bits per heavy atom. The van der Waals surface area contributed by atoms with E-state index in [1.54, 1.807) is 24.5 Å². The van der Waals surface area contributed by atoms with Gasteiger partial charge in [-0.25, -0.2) is 9.97 Å². The van der Waals surface area contributed by atoms with Crippen LogP contribution in [0.15, 0.2) is 54.3 Å². The molecule has 0 saturated heterocycles. The number of aromatic nitrogens is 2. The lowest BCUT2D eigenvalue weighted by molar-refractivity contribution is 0.0988. The number of aliphatic imine (C=N–C) groups is 1. The van der Waals surface area contributed by atoms with Crippen LogP contribution in [0.4, 0.5) is 11.6 Å². The van der Waals surface area contributed by atoms with E-state index in [2.05, 4.69) is 33.6 Å². The maximum Gasteiger partial charge on any atom is 0.227 e. The van der Waals surface area contributed by atoms with Gasteiger partial charge in [0, 0.05) is 35.6 Å². The fraction of sp³-hybridized carbons (Fsp3) is 0.158. The van der Waals surface area contributed by atoms with Crippen molar-refractivity contribution in [1.29, 1.82) is 0 Å². The Balaban J connectivity index is 2.35. The lowest BCUT2D eigenvalue weighted by Crippen LogP contribution is -2.03. The van der Waals surface area contributed by atoms with Gasteiger partial charge in [0.15, 0.2) is 5.78 Å². The molecular formula is C19H20N4O. The first-order chi connectivity index (χ1) is 11.6. The first kappa shape index (κ1) is 17.3. The van der Waals surface area contributed by atoms with Crippen molar-refractivity contribution >= 4 is 29.7 Å². The van der Waals surface area contributed by atoms with Crippen LogP contribution in [0.1, 0.15) is 35.0 Å². The summed E-state index contributed by atoms with van der Waals surface area (Å²) >= 11 is 0. The molecule has 0 saturated carbocycles. The minimum Gasteiger partial charge on any atom is -0.324 e. The van der Waals surface area contributed by atoms with Crippen molar-refractivity contribution in [3.05, 3.63) is 66.1 Å². The van der Waals surface area contributed by atoms with E-state index >= 15 is 0 Å². The maximum absolute atomic E-state index is 11.9. The zero-order valence-corrected chi connectivity index (χ0v) is 13.9. The van der Waals surface area contributed by atoms with E-state index in [9.17, 15) is 4.79 Å². The van der Waals surface area contributed by atoms with Crippen LogP contribution in [-0.2, 0) is 0 Å². The summed E-state index contributed by atoms with van der Waals surface area (Å²) in [5.74, 6) is 0.537. The van der Waals surface area contributed by atoms with Crippen LogP contribution in [-0.4, -0.2) is 22.5 Å². The highest BCUT2D eigenvalue weighted by molar-refractivity contribution is 5.97. The van der Waals surface area contributed by atoms with Crippen LogP contribution >= 0.6 is 0 Å². The average Bonchev–Trinajstić information content (AvgIpc) is 2.61. The Hall–Kier alpha value is -3.08. The third kappa shape index (κ3) is 4.01. The summed E-state index contributed by atoms with van der Waals surface area (Å²) in [7, 11) is 0. The van der Waals surface area contributed by atoms with Crippen molar-refractivity contribution in [3.8, 4) is 0 Å². The highest BCUT2D eigenvalue weighted by Gasteiger charge is 2.08. The van der Waals surface area contributed by atoms with E-state index in [0.29, 0.717) is 23.6 Å². The molecule has 1 aromatic carbocycles. The molecule has 5 heteroatoms. The minimum absolute atomic E-state index is 0.0988. The molecule has 2 aromatic rings. The first-order valence-corrected chi connectivity index (χ1v) is 7.61. The van der Waals surface area contributed by atoms with Crippen LogP contribution in [0.5, 0.6) is 0 Å². The van der Waals surface area contributed by atoms with Gasteiger partial charge in [-0.3, -0.25) is 9.79 Å². The molecule has 1 aromatic heterocycles. The smallest absolute Gasteiger partial charge is 0.227 e. The molecule has 0 atom stereocenters. The fourth-order valence-electron chi connectivity index (χ4n) is 2.16. The molecule has 122 valence electrons. The van der Waals surface area contributed by atoms with Crippen LogP contribution < -0.4 is 5.32 Å². The summed E-state index contributed by atoms with van der Waals surface area (Å²) in [5, 5.41) is 3.17. The molecule has 1 N–H and O–H groups in total. The molecular weight excluding hydrogens is 300 g/mol. The fourth-order valence-corrected chi connectivity index (χ4v) is 2.16. The number of nitrogens with one attached hydrogen (secondary N) is 1. The summed E-state index contributed by atoms with van der Waals surface area (Å²) in [4.78, 5) is 24.3. The number of carbonyl (C=O) groups excluding carboxylic acids is 1. The van der Waals surface area contributed by atoms with Crippen molar-refractivity contribution in [1.82, 2.24) is 9.97 Å². The summed E-state index contributed by atoms with van der Waals surface area (Å²) in [5.41, 5.74) is 3.92. The molecule has 0 spiro atoms. The number of hydrogen-bond donors (Lipinski definition) is 1. The van der Waals surface area contributed by atoms with Crippen LogP contribution in [0.2, 0.25) is 0 Å². The molecule has 2 rings (SSSR count). The molecule has 0 unspecified atom stereocenters.